The smallest absolute Gasteiger partial charge is 0.262 e. The van der Waals surface area contributed by atoms with Crippen LogP contribution in [0.5, 0.6) is 0 Å². The fourth-order valence-corrected chi connectivity index (χ4v) is 4.27. The summed E-state index contributed by atoms with van der Waals surface area (Å²) in [4.78, 5) is 17.6. The van der Waals surface area contributed by atoms with Gasteiger partial charge in [0.25, 0.3) is 5.91 Å². The normalized spacial score (nSPS) is 18.7. The Kier molecular flexibility index (Phi) is 5.07. The molecule has 3 aromatic carbocycles. The molecular formula is C24H22ClN3O2. The van der Waals surface area contributed by atoms with Gasteiger partial charge < -0.3 is 15.0 Å². The fraction of sp³-hybridized carbons (Fsp3) is 0.208. The highest BCUT2D eigenvalue weighted by Crippen LogP contribution is 2.37. The minimum Gasteiger partial charge on any atom is -0.378 e. The number of nitrogens with one attached hydrogen (secondary N) is 1. The number of hydrogen-bond acceptors (Lipinski definition) is 4. The van der Waals surface area contributed by atoms with Gasteiger partial charge in [-0.05, 0) is 54.1 Å². The minimum absolute atomic E-state index is 0.0338. The lowest BCUT2D eigenvalue weighted by Gasteiger charge is -2.38. The summed E-state index contributed by atoms with van der Waals surface area (Å²) in [7, 11) is 0. The largest absolute Gasteiger partial charge is 0.378 e. The molecule has 0 unspecified atom stereocenters. The van der Waals surface area contributed by atoms with Crippen LogP contribution in [0.2, 0.25) is 5.02 Å². The molecule has 3 aromatic rings. The summed E-state index contributed by atoms with van der Waals surface area (Å²) in [5.41, 5.74) is 4.40. The van der Waals surface area contributed by atoms with Gasteiger partial charge in [-0.25, -0.2) is 0 Å². The van der Waals surface area contributed by atoms with Crippen molar-refractivity contribution in [3.05, 3.63) is 88.9 Å². The van der Waals surface area contributed by atoms with E-state index < -0.39 is 0 Å². The first kappa shape index (κ1) is 19.0. The molecule has 1 amide bonds. The summed E-state index contributed by atoms with van der Waals surface area (Å²) in [6.45, 7) is 3.23. The summed E-state index contributed by atoms with van der Waals surface area (Å²) in [5, 5.41) is 4.16. The van der Waals surface area contributed by atoms with Crippen LogP contribution in [0, 0.1) is 0 Å². The number of para-hydroxylation sites is 1. The lowest BCUT2D eigenvalue weighted by molar-refractivity contribution is 0.0975. The zero-order valence-corrected chi connectivity index (χ0v) is 17.2. The number of amides is 1. The number of hydrogen-bond donors (Lipinski definition) is 1. The van der Waals surface area contributed by atoms with Gasteiger partial charge in [0.15, 0.2) is 0 Å². The number of halogens is 1. The van der Waals surface area contributed by atoms with Crippen LogP contribution >= 0.6 is 11.6 Å². The van der Waals surface area contributed by atoms with Gasteiger partial charge in [-0.1, -0.05) is 35.9 Å². The number of ether oxygens (including phenoxy) is 1. The summed E-state index contributed by atoms with van der Waals surface area (Å²) in [6.07, 6.45) is -0.347. The van der Waals surface area contributed by atoms with Crippen molar-refractivity contribution in [3.8, 4) is 0 Å². The van der Waals surface area contributed by atoms with Gasteiger partial charge in [-0.15, -0.1) is 0 Å². The molecular weight excluding hydrogens is 398 g/mol. The molecule has 6 heteroatoms. The second-order valence-electron chi connectivity index (χ2n) is 7.44. The van der Waals surface area contributed by atoms with Gasteiger partial charge in [0.2, 0.25) is 0 Å². The van der Waals surface area contributed by atoms with Crippen molar-refractivity contribution in [2.45, 2.75) is 6.17 Å². The van der Waals surface area contributed by atoms with Gasteiger partial charge in [0, 0.05) is 35.2 Å². The van der Waals surface area contributed by atoms with Crippen molar-refractivity contribution in [1.29, 1.82) is 0 Å². The Morgan fingerprint density at radius 1 is 0.900 bits per heavy atom. The first-order valence-corrected chi connectivity index (χ1v) is 10.5. The molecule has 2 aliphatic rings. The Balaban J connectivity index is 1.54. The van der Waals surface area contributed by atoms with E-state index in [9.17, 15) is 4.79 Å². The van der Waals surface area contributed by atoms with Crippen molar-refractivity contribution in [2.75, 3.05) is 41.4 Å². The lowest BCUT2D eigenvalue weighted by atomic mass is 10.0. The second-order valence-corrected chi connectivity index (χ2v) is 7.87. The number of rotatable bonds is 3. The number of morpholine rings is 1. The first-order chi connectivity index (χ1) is 14.7. The van der Waals surface area contributed by atoms with E-state index in [1.165, 1.54) is 0 Å². The number of anilines is 3. The lowest BCUT2D eigenvalue weighted by Crippen LogP contribution is -2.43. The highest BCUT2D eigenvalue weighted by Gasteiger charge is 2.34. The SMILES string of the molecule is O=C1c2ccccc2N[C@H](c2cccc(Cl)c2)N1c1ccc(N2CCOCC2)cc1. The third kappa shape index (κ3) is 3.51. The van der Waals surface area contributed by atoms with E-state index in [1.807, 2.05) is 60.7 Å². The second kappa shape index (κ2) is 8.01. The number of carbonyl (C=O) groups excluding carboxylic acids is 1. The van der Waals surface area contributed by atoms with Gasteiger partial charge >= 0.3 is 0 Å². The number of carbonyl (C=O) groups is 1. The van der Waals surface area contributed by atoms with Gasteiger partial charge in [0.05, 0.1) is 18.8 Å². The average Bonchev–Trinajstić information content (AvgIpc) is 2.80. The van der Waals surface area contributed by atoms with Crippen LogP contribution in [0.1, 0.15) is 22.1 Å². The standard InChI is InChI=1S/C24H22ClN3O2/c25-18-5-3-4-17(16-18)23-26-22-7-2-1-6-21(22)24(29)28(23)20-10-8-19(9-11-20)27-12-14-30-15-13-27/h1-11,16,23,26H,12-15H2/t23-/m0/s1. The predicted octanol–water partition coefficient (Wildman–Crippen LogP) is 4.95. The summed E-state index contributed by atoms with van der Waals surface area (Å²) in [5.74, 6) is -0.0338. The first-order valence-electron chi connectivity index (χ1n) is 10.1. The highest BCUT2D eigenvalue weighted by atomic mass is 35.5. The molecule has 30 heavy (non-hydrogen) atoms. The van der Waals surface area contributed by atoms with E-state index in [4.69, 9.17) is 16.3 Å². The Bertz CT molecular complexity index is 1060. The van der Waals surface area contributed by atoms with Crippen molar-refractivity contribution in [1.82, 2.24) is 0 Å². The fourth-order valence-electron chi connectivity index (χ4n) is 4.08. The van der Waals surface area contributed by atoms with Crippen LogP contribution < -0.4 is 15.1 Å². The molecule has 1 saturated heterocycles. The molecule has 0 aliphatic carbocycles. The molecule has 2 aliphatic heterocycles. The molecule has 1 N–H and O–H groups in total. The monoisotopic (exact) mass is 419 g/mol. The molecule has 0 bridgehead atoms. The maximum atomic E-state index is 13.5. The van der Waals surface area contributed by atoms with Gasteiger partial charge in [-0.3, -0.25) is 9.69 Å². The molecule has 0 aromatic heterocycles. The summed E-state index contributed by atoms with van der Waals surface area (Å²) >= 11 is 6.25. The van der Waals surface area contributed by atoms with Crippen LogP contribution in [-0.4, -0.2) is 32.2 Å². The molecule has 5 rings (SSSR count). The van der Waals surface area contributed by atoms with E-state index in [-0.39, 0.29) is 12.1 Å². The Morgan fingerprint density at radius 2 is 1.63 bits per heavy atom. The molecule has 152 valence electrons. The van der Waals surface area contributed by atoms with Crippen molar-refractivity contribution < 1.29 is 9.53 Å². The third-order valence-electron chi connectivity index (χ3n) is 5.60. The number of nitrogens with zero attached hydrogens (tertiary/aromatic N) is 2. The van der Waals surface area contributed by atoms with Crippen LogP contribution in [-0.2, 0) is 4.74 Å². The number of fused-ring (bicyclic) bond motifs is 1. The molecule has 0 radical (unpaired) electrons. The van der Waals surface area contributed by atoms with E-state index in [1.54, 1.807) is 4.90 Å². The topological polar surface area (TPSA) is 44.8 Å². The van der Waals surface area contributed by atoms with Gasteiger partial charge in [-0.2, -0.15) is 0 Å². The molecule has 5 nitrogen and oxygen atoms in total. The van der Waals surface area contributed by atoms with Crippen LogP contribution in [0.25, 0.3) is 0 Å². The Labute approximate surface area is 180 Å². The Hall–Kier alpha value is -3.02. The van der Waals surface area contributed by atoms with E-state index >= 15 is 0 Å². The van der Waals surface area contributed by atoms with Crippen LogP contribution in [0.4, 0.5) is 17.1 Å². The zero-order chi connectivity index (χ0) is 20.5. The van der Waals surface area contributed by atoms with Crippen molar-refractivity contribution >= 4 is 34.6 Å². The quantitative estimate of drug-likeness (QED) is 0.652. The van der Waals surface area contributed by atoms with E-state index in [0.717, 1.165) is 48.9 Å². The summed E-state index contributed by atoms with van der Waals surface area (Å²) in [6, 6.07) is 23.4. The molecule has 1 atom stereocenters. The molecule has 0 spiro atoms. The maximum absolute atomic E-state index is 13.5. The van der Waals surface area contributed by atoms with E-state index in [2.05, 4.69) is 22.3 Å². The minimum atomic E-state index is -0.347. The Morgan fingerprint density at radius 3 is 2.40 bits per heavy atom. The zero-order valence-electron chi connectivity index (χ0n) is 16.4. The summed E-state index contributed by atoms with van der Waals surface area (Å²) < 4.78 is 5.45. The molecule has 2 heterocycles. The average molecular weight is 420 g/mol. The van der Waals surface area contributed by atoms with Crippen molar-refractivity contribution in [2.24, 2.45) is 0 Å². The highest BCUT2D eigenvalue weighted by molar-refractivity contribution is 6.30. The predicted molar refractivity (Wildman–Crippen MR) is 121 cm³/mol. The third-order valence-corrected chi connectivity index (χ3v) is 5.83. The van der Waals surface area contributed by atoms with Crippen LogP contribution in [0.3, 0.4) is 0 Å². The molecule has 1 fully saturated rings. The molecule has 0 saturated carbocycles. The van der Waals surface area contributed by atoms with Crippen molar-refractivity contribution in [3.63, 3.8) is 0 Å². The van der Waals surface area contributed by atoms with Crippen LogP contribution in [0.15, 0.2) is 72.8 Å². The van der Waals surface area contributed by atoms with E-state index in [0.29, 0.717) is 10.6 Å². The number of benzene rings is 3. The van der Waals surface area contributed by atoms with Gasteiger partial charge in [0.1, 0.15) is 6.17 Å². The maximum Gasteiger partial charge on any atom is 0.262 e.